The van der Waals surface area contributed by atoms with Crippen LogP contribution in [0.3, 0.4) is 0 Å². The molecule has 1 saturated heterocycles. The van der Waals surface area contributed by atoms with E-state index in [-0.39, 0.29) is 0 Å². The van der Waals surface area contributed by atoms with Gasteiger partial charge in [-0.05, 0) is 12.9 Å². The van der Waals surface area contributed by atoms with E-state index >= 15 is 0 Å². The van der Waals surface area contributed by atoms with Crippen LogP contribution in [-0.2, 0) is 0 Å². The third kappa shape index (κ3) is 1.17. The highest BCUT2D eigenvalue weighted by molar-refractivity contribution is 4.79. The summed E-state index contributed by atoms with van der Waals surface area (Å²) in [5.74, 6) is 0. The topological polar surface area (TPSA) is 38.0 Å². The lowest BCUT2D eigenvalue weighted by Crippen LogP contribution is -2.46. The van der Waals surface area contributed by atoms with E-state index < -0.39 is 31.5 Å². The molecule has 3 N–H and O–H groups in total. The molecule has 0 saturated carbocycles. The molecule has 0 aromatic carbocycles. The molecule has 0 radical (unpaired) electrons. The van der Waals surface area contributed by atoms with Crippen LogP contribution < -0.4 is 11.1 Å². The third-order valence-electron chi connectivity index (χ3n) is 0.668. The quantitative estimate of drug-likeness (QED) is 0.465. The maximum atomic E-state index is 13.8. The molecule has 1 fully saturated rings. The van der Waals surface area contributed by atoms with Gasteiger partial charge in [-0.15, -0.1) is 0 Å². The van der Waals surface area contributed by atoms with E-state index in [0.717, 1.165) is 0 Å². The molecule has 0 aromatic heterocycles. The molecule has 8 heavy (non-hydrogen) atoms. The van der Waals surface area contributed by atoms with E-state index in [1.807, 2.05) is 0 Å². The van der Waals surface area contributed by atoms with Gasteiger partial charge < -0.3 is 11.1 Å². The molecule has 0 aromatic rings. The molecule has 0 amide bonds. The summed E-state index contributed by atoms with van der Waals surface area (Å²) in [6.45, 7) is -6.34. The predicted molar refractivity (Wildman–Crippen MR) is 30.4 cm³/mol. The standard InChI is InChI=1S/C5H11FN2/c6-4-3-8-2-1-5(4)7/h4-5,8H,1-3,7H2/i1D2,2D2,3D2,4D,5D. The van der Waals surface area contributed by atoms with Gasteiger partial charge in [0.15, 0.2) is 0 Å². The van der Waals surface area contributed by atoms with E-state index in [0.29, 0.717) is 0 Å². The Balaban J connectivity index is 3.43. The van der Waals surface area contributed by atoms with Crippen molar-refractivity contribution in [1.29, 1.82) is 0 Å². The van der Waals surface area contributed by atoms with Crippen molar-refractivity contribution in [3.05, 3.63) is 0 Å². The monoisotopic (exact) mass is 126 g/mol. The van der Waals surface area contributed by atoms with Crippen molar-refractivity contribution >= 4 is 0 Å². The zero-order valence-electron chi connectivity index (χ0n) is 12.0. The molecule has 1 heterocycles. The SMILES string of the molecule is [2H]C1([2H])NC([2H])([2H])C([2H])(F)C([2H])(N)C1([2H])[2H]. The molecule has 1 aliphatic rings. The average Bonchev–Trinajstić information content (AvgIpc) is 1.98. The van der Waals surface area contributed by atoms with Gasteiger partial charge >= 0.3 is 0 Å². The van der Waals surface area contributed by atoms with Crippen molar-refractivity contribution in [2.24, 2.45) is 5.73 Å². The number of rotatable bonds is 0. The second kappa shape index (κ2) is 2.42. The molecule has 48 valence electrons. The van der Waals surface area contributed by atoms with Gasteiger partial charge in [0, 0.05) is 22.1 Å². The van der Waals surface area contributed by atoms with Crippen LogP contribution in [0.4, 0.5) is 4.39 Å². The number of hydrogen-bond donors (Lipinski definition) is 2. The molecular formula is C5H11FN2. The first-order chi connectivity index (χ1) is 6.71. The van der Waals surface area contributed by atoms with Gasteiger partial charge in [-0.3, -0.25) is 0 Å². The lowest BCUT2D eigenvalue weighted by Gasteiger charge is -2.22. The minimum Gasteiger partial charge on any atom is -0.325 e. The first-order valence-corrected chi connectivity index (χ1v) is 1.98. The van der Waals surface area contributed by atoms with Crippen LogP contribution in [0.25, 0.3) is 0 Å². The number of alkyl halides is 1. The second-order valence-corrected chi connectivity index (χ2v) is 1.23. The van der Waals surface area contributed by atoms with E-state index in [2.05, 4.69) is 0 Å². The predicted octanol–water partition coefficient (Wildman–Crippen LogP) is -0.355. The molecule has 2 atom stereocenters. The molecule has 0 aliphatic carbocycles. The number of halogens is 1. The van der Waals surface area contributed by atoms with Crippen LogP contribution in [0.5, 0.6) is 0 Å². The van der Waals surface area contributed by atoms with Gasteiger partial charge in [-0.2, -0.15) is 0 Å². The van der Waals surface area contributed by atoms with Gasteiger partial charge in [-0.1, -0.05) is 0 Å². The van der Waals surface area contributed by atoms with E-state index in [4.69, 9.17) is 16.7 Å². The highest BCUT2D eigenvalue weighted by Gasteiger charge is 2.19. The van der Waals surface area contributed by atoms with Crippen molar-refractivity contribution in [1.82, 2.24) is 5.32 Å². The molecule has 0 spiro atoms. The summed E-state index contributed by atoms with van der Waals surface area (Å²) in [4.78, 5) is 0. The molecule has 1 aliphatic heterocycles. The van der Waals surface area contributed by atoms with Crippen molar-refractivity contribution < 1.29 is 15.4 Å². The highest BCUT2D eigenvalue weighted by Crippen LogP contribution is 2.03. The Hall–Kier alpha value is -0.150. The van der Waals surface area contributed by atoms with E-state index in [1.165, 1.54) is 5.32 Å². The van der Waals surface area contributed by atoms with Gasteiger partial charge in [0.1, 0.15) is 6.15 Å². The summed E-state index contributed by atoms with van der Waals surface area (Å²) in [6.07, 6.45) is -7.11. The Kier molecular flexibility index (Phi) is 0.443. The van der Waals surface area contributed by atoms with Crippen LogP contribution in [0, 0.1) is 0 Å². The highest BCUT2D eigenvalue weighted by atomic mass is 19.1. The Bertz CT molecular complexity index is 286. The zero-order chi connectivity index (χ0) is 13.2. The molecule has 3 heteroatoms. The summed E-state index contributed by atoms with van der Waals surface area (Å²) in [5, 5.41) is 1.40. The van der Waals surface area contributed by atoms with Crippen molar-refractivity contribution in [3.63, 3.8) is 0 Å². The number of piperidine rings is 1. The average molecular weight is 126 g/mol. The van der Waals surface area contributed by atoms with Crippen LogP contribution in [0.15, 0.2) is 0 Å². The minimum atomic E-state index is -3.84. The zero-order valence-corrected chi connectivity index (χ0v) is 3.96. The number of hydrogen-bond acceptors (Lipinski definition) is 2. The lowest BCUT2D eigenvalue weighted by atomic mass is 10.1. The normalized spacial score (nSPS) is 91.8. The van der Waals surface area contributed by atoms with E-state index in [1.54, 1.807) is 0 Å². The van der Waals surface area contributed by atoms with Crippen molar-refractivity contribution in [2.75, 3.05) is 13.0 Å². The van der Waals surface area contributed by atoms with Crippen LogP contribution in [-0.4, -0.2) is 25.2 Å². The van der Waals surface area contributed by atoms with Gasteiger partial charge in [-0.25, -0.2) is 4.39 Å². The van der Waals surface area contributed by atoms with Gasteiger partial charge in [0.05, 0.1) is 1.37 Å². The summed E-state index contributed by atoms with van der Waals surface area (Å²) in [5.41, 5.74) is 4.99. The molecular weight excluding hydrogens is 107 g/mol. The molecule has 1 rings (SSSR count). The van der Waals surface area contributed by atoms with Gasteiger partial charge in [0.25, 0.3) is 0 Å². The van der Waals surface area contributed by atoms with Crippen molar-refractivity contribution in [2.45, 2.75) is 18.5 Å². The third-order valence-corrected chi connectivity index (χ3v) is 0.668. The number of nitrogens with one attached hydrogen (secondary N) is 1. The van der Waals surface area contributed by atoms with Crippen LogP contribution in [0.1, 0.15) is 17.3 Å². The molecule has 0 bridgehead atoms. The van der Waals surface area contributed by atoms with Gasteiger partial charge in [0.2, 0.25) is 0 Å². The largest absolute Gasteiger partial charge is 0.325 e. The Morgan fingerprint density at radius 2 is 2.75 bits per heavy atom. The second-order valence-electron chi connectivity index (χ2n) is 1.23. The van der Waals surface area contributed by atoms with Crippen LogP contribution in [0.2, 0.25) is 0 Å². The summed E-state index contributed by atoms with van der Waals surface area (Å²) >= 11 is 0. The molecule has 2 nitrogen and oxygen atoms in total. The Labute approximate surface area is 59.5 Å². The summed E-state index contributed by atoms with van der Waals surface area (Å²) < 4.78 is 71.2. The summed E-state index contributed by atoms with van der Waals surface area (Å²) in [6, 6.07) is -3.39. The lowest BCUT2D eigenvalue weighted by molar-refractivity contribution is 0.233. The van der Waals surface area contributed by atoms with E-state index in [9.17, 15) is 4.39 Å². The minimum absolute atomic E-state index is 1.40. The fraction of sp³-hybridized carbons (Fsp3) is 1.00. The van der Waals surface area contributed by atoms with Crippen molar-refractivity contribution in [3.8, 4) is 0 Å². The fourth-order valence-corrected chi connectivity index (χ4v) is 0.307. The summed E-state index contributed by atoms with van der Waals surface area (Å²) in [7, 11) is 0. The first kappa shape index (κ1) is 1.47. The Morgan fingerprint density at radius 3 is 3.50 bits per heavy atom. The molecule has 2 unspecified atom stereocenters. The van der Waals surface area contributed by atoms with Crippen LogP contribution >= 0.6 is 0 Å². The maximum absolute atomic E-state index is 13.8. The fourth-order valence-electron chi connectivity index (χ4n) is 0.307. The Morgan fingerprint density at radius 1 is 2.00 bits per heavy atom. The smallest absolute Gasteiger partial charge is 0.128 e. The maximum Gasteiger partial charge on any atom is 0.128 e. The number of nitrogens with two attached hydrogens (primary N) is 1. The first-order valence-electron chi connectivity index (χ1n) is 5.98.